The van der Waals surface area contributed by atoms with Crippen molar-refractivity contribution in [2.24, 2.45) is 0 Å². The van der Waals surface area contributed by atoms with Crippen LogP contribution in [0.25, 0.3) is 0 Å². The predicted octanol–water partition coefficient (Wildman–Crippen LogP) is 8.15. The summed E-state index contributed by atoms with van der Waals surface area (Å²) in [6.07, 6.45) is -10.6. The Balaban J connectivity index is 1.81. The van der Waals surface area contributed by atoms with E-state index in [0.717, 1.165) is 24.4 Å². The van der Waals surface area contributed by atoms with Gasteiger partial charge < -0.3 is 23.7 Å². The van der Waals surface area contributed by atoms with Gasteiger partial charge in [-0.2, -0.15) is 47.9 Å². The molecule has 56 heavy (non-hydrogen) atoms. The van der Waals surface area contributed by atoms with Crippen molar-refractivity contribution in [3.05, 3.63) is 76.3 Å². The topological polar surface area (TPSA) is 146 Å². The number of fused-ring (bicyclic) bond motifs is 1. The van der Waals surface area contributed by atoms with Crippen LogP contribution in [0.15, 0.2) is 48.4 Å². The Hall–Kier alpha value is -5.24. The first-order valence-corrected chi connectivity index (χ1v) is 18.0. The molecule has 1 aromatic heterocycles. The van der Waals surface area contributed by atoms with Gasteiger partial charge in [0.05, 0.1) is 61.0 Å². The number of alkyl halides is 9. The van der Waals surface area contributed by atoms with E-state index in [1.54, 1.807) is 19.8 Å². The molecule has 0 radical (unpaired) electrons. The predicted molar refractivity (Wildman–Crippen MR) is 179 cm³/mol. The van der Waals surface area contributed by atoms with Gasteiger partial charge in [-0.15, -0.1) is 0 Å². The van der Waals surface area contributed by atoms with Crippen LogP contribution in [0.2, 0.25) is 0 Å². The lowest BCUT2D eigenvalue weighted by Gasteiger charge is -2.40. The standard InChI is InChI=1S/C34H33F9N4O8S/c1-4-22-15-26(25-16-23(55-56(50,51)34(41,42)43)7-8-28(25)47(22)31(49)53-6-3)45-30-44-17-29(54-10-9-24(18-48)52-5-2)27(46-30)13-19-11-20(32(35,36)37)14-21(12-19)33(38,39)40/h7-8,11-12,14,16-17,22,26H,4-6,9-10,13,15H2,1-3H3,(H,44,45,46)/t22-,26+/m1/s1. The van der Waals surface area contributed by atoms with Crippen LogP contribution in [0.4, 0.5) is 55.9 Å². The number of anilines is 2. The summed E-state index contributed by atoms with van der Waals surface area (Å²) in [6.45, 7) is 4.63. The summed E-state index contributed by atoms with van der Waals surface area (Å²) in [6, 6.07) is 2.27. The van der Waals surface area contributed by atoms with Gasteiger partial charge in [0.25, 0.3) is 0 Å². The van der Waals surface area contributed by atoms with E-state index in [4.69, 9.17) is 14.2 Å². The van der Waals surface area contributed by atoms with E-state index in [9.17, 15) is 57.5 Å². The highest BCUT2D eigenvalue weighted by molar-refractivity contribution is 7.88. The van der Waals surface area contributed by atoms with Crippen LogP contribution in [0, 0.1) is 0 Å². The molecule has 4 rings (SSSR count). The number of rotatable bonds is 14. The molecular weight excluding hydrogens is 795 g/mol. The van der Waals surface area contributed by atoms with Crippen molar-refractivity contribution in [3.63, 3.8) is 0 Å². The molecule has 0 saturated carbocycles. The SMILES string of the molecule is CCOC(=O)N1c2ccc(OS(=O)(=O)C(F)(F)F)cc2[C@@H](Nc2ncc(OCCC(=C=O)OCC)c(Cc3cc(C(F)(F)F)cc(C(F)(F)F)c3)n2)C[C@H]1CC. The Morgan fingerprint density at radius 1 is 0.946 bits per heavy atom. The fourth-order valence-corrected chi connectivity index (χ4v) is 6.11. The minimum absolute atomic E-state index is 0.0138. The number of carbonyl (C=O) groups excluding carboxylic acids is 2. The average molecular weight is 829 g/mol. The van der Waals surface area contributed by atoms with E-state index in [1.165, 1.54) is 11.8 Å². The van der Waals surface area contributed by atoms with E-state index < -0.39 is 75.0 Å². The van der Waals surface area contributed by atoms with E-state index >= 15 is 0 Å². The van der Waals surface area contributed by atoms with Gasteiger partial charge in [0.1, 0.15) is 5.75 Å². The van der Waals surface area contributed by atoms with Gasteiger partial charge in [0.15, 0.2) is 17.5 Å². The van der Waals surface area contributed by atoms with Gasteiger partial charge >= 0.3 is 34.1 Å². The number of amides is 1. The smallest absolute Gasteiger partial charge is 0.490 e. The molecule has 0 aliphatic carbocycles. The van der Waals surface area contributed by atoms with E-state index in [0.29, 0.717) is 18.6 Å². The number of halogens is 9. The molecule has 2 heterocycles. The molecular formula is C34H33F9N4O8S. The zero-order chi connectivity index (χ0) is 41.6. The van der Waals surface area contributed by atoms with Crippen LogP contribution in [0.1, 0.15) is 74.0 Å². The highest BCUT2D eigenvalue weighted by Gasteiger charge is 2.49. The molecule has 1 aliphatic heterocycles. The van der Waals surface area contributed by atoms with Crippen LogP contribution in [0.5, 0.6) is 11.5 Å². The second kappa shape index (κ2) is 17.3. The number of aromatic nitrogens is 2. The van der Waals surface area contributed by atoms with E-state index in [1.807, 2.05) is 0 Å². The second-order valence-corrected chi connectivity index (χ2v) is 13.5. The molecule has 1 aliphatic rings. The number of hydrogen-bond acceptors (Lipinski definition) is 11. The quantitative estimate of drug-likeness (QED) is 0.0552. The van der Waals surface area contributed by atoms with Crippen molar-refractivity contribution in [1.29, 1.82) is 0 Å². The molecule has 1 amide bonds. The maximum atomic E-state index is 13.7. The molecule has 1 N–H and O–H groups in total. The fraction of sp³-hybridized carbons (Fsp3) is 0.441. The van der Waals surface area contributed by atoms with Gasteiger partial charge in [-0.25, -0.2) is 19.6 Å². The molecule has 0 fully saturated rings. The zero-order valence-corrected chi connectivity index (χ0v) is 30.4. The number of ether oxygens (including phenoxy) is 3. The van der Waals surface area contributed by atoms with Gasteiger partial charge in [-0.1, -0.05) is 6.92 Å². The summed E-state index contributed by atoms with van der Waals surface area (Å²) in [4.78, 5) is 33.9. The van der Waals surface area contributed by atoms with Gasteiger partial charge in [-0.05, 0) is 68.7 Å². The van der Waals surface area contributed by atoms with Crippen molar-refractivity contribution in [3.8, 4) is 11.5 Å². The Morgan fingerprint density at radius 3 is 2.14 bits per heavy atom. The van der Waals surface area contributed by atoms with Crippen LogP contribution in [0.3, 0.4) is 0 Å². The van der Waals surface area contributed by atoms with Crippen molar-refractivity contribution >= 4 is 33.8 Å². The molecule has 2 aromatic carbocycles. The second-order valence-electron chi connectivity index (χ2n) is 11.9. The normalized spacial score (nSPS) is 16.0. The van der Waals surface area contributed by atoms with E-state index in [2.05, 4.69) is 19.5 Å². The molecule has 12 nitrogen and oxygen atoms in total. The lowest BCUT2D eigenvalue weighted by atomic mass is 9.90. The summed E-state index contributed by atoms with van der Waals surface area (Å²) < 4.78 is 166. The Morgan fingerprint density at radius 2 is 1.59 bits per heavy atom. The number of nitrogens with one attached hydrogen (secondary N) is 1. The summed E-state index contributed by atoms with van der Waals surface area (Å²) in [5, 5.41) is 2.92. The largest absolute Gasteiger partial charge is 0.534 e. The third-order valence-corrected chi connectivity index (χ3v) is 9.08. The van der Waals surface area contributed by atoms with Gasteiger partial charge in [-0.3, -0.25) is 4.90 Å². The highest BCUT2D eigenvalue weighted by Crippen LogP contribution is 2.43. The first kappa shape index (κ1) is 43.5. The van der Waals surface area contributed by atoms with Crippen molar-refractivity contribution < 1.29 is 75.9 Å². The first-order chi connectivity index (χ1) is 26.1. The number of carbonyl (C=O) groups is 1. The molecule has 0 spiro atoms. The highest BCUT2D eigenvalue weighted by atomic mass is 32.2. The lowest BCUT2D eigenvalue weighted by molar-refractivity contribution is -0.143. The molecule has 306 valence electrons. The maximum Gasteiger partial charge on any atom is 0.534 e. The number of hydrogen-bond donors (Lipinski definition) is 1. The van der Waals surface area contributed by atoms with Crippen LogP contribution in [-0.4, -0.2) is 61.8 Å². The number of benzene rings is 2. The average Bonchev–Trinajstić information content (AvgIpc) is 3.10. The van der Waals surface area contributed by atoms with Crippen molar-refractivity contribution in [1.82, 2.24) is 9.97 Å². The van der Waals surface area contributed by atoms with Crippen LogP contribution in [-0.2, 0) is 43.2 Å². The van der Waals surface area contributed by atoms with Crippen molar-refractivity contribution in [2.75, 3.05) is 30.0 Å². The van der Waals surface area contributed by atoms with Crippen molar-refractivity contribution in [2.45, 2.75) is 76.4 Å². The molecule has 22 heteroatoms. The first-order valence-electron chi connectivity index (χ1n) is 16.6. The molecule has 0 bridgehead atoms. The summed E-state index contributed by atoms with van der Waals surface area (Å²) in [5.41, 5.74) is -9.57. The molecule has 0 unspecified atom stereocenters. The third kappa shape index (κ3) is 10.5. The Labute approximate surface area is 313 Å². The van der Waals surface area contributed by atoms with Crippen LogP contribution >= 0.6 is 0 Å². The van der Waals surface area contributed by atoms with Gasteiger partial charge in [0, 0.05) is 18.0 Å². The maximum absolute atomic E-state index is 13.7. The Kier molecular flexibility index (Phi) is 13.4. The monoisotopic (exact) mass is 828 g/mol. The zero-order valence-electron chi connectivity index (χ0n) is 29.6. The molecule has 0 saturated heterocycles. The molecule has 2 atom stereocenters. The summed E-state index contributed by atoms with van der Waals surface area (Å²) in [5.74, 6) is 0.151. The lowest BCUT2D eigenvalue weighted by Crippen LogP contribution is -2.46. The van der Waals surface area contributed by atoms with E-state index in [-0.39, 0.29) is 73.1 Å². The Bertz CT molecular complexity index is 2020. The molecule has 3 aromatic rings. The summed E-state index contributed by atoms with van der Waals surface area (Å²) >= 11 is 0. The van der Waals surface area contributed by atoms with Crippen LogP contribution < -0.4 is 19.1 Å². The minimum Gasteiger partial charge on any atom is -0.490 e. The number of nitrogens with zero attached hydrogens (tertiary/aromatic N) is 3. The third-order valence-electron chi connectivity index (χ3n) is 8.10. The summed E-state index contributed by atoms with van der Waals surface area (Å²) in [7, 11) is -6.13. The minimum atomic E-state index is -6.13. The van der Waals surface area contributed by atoms with Gasteiger partial charge in [0.2, 0.25) is 5.95 Å². The fourth-order valence-electron chi connectivity index (χ4n) is 5.66.